The van der Waals surface area contributed by atoms with Crippen LogP contribution in [0.3, 0.4) is 0 Å². The van der Waals surface area contributed by atoms with Gasteiger partial charge >= 0.3 is 0 Å². The van der Waals surface area contributed by atoms with Crippen molar-refractivity contribution in [3.63, 3.8) is 0 Å². The molecular formula is C13H24N2O. The van der Waals surface area contributed by atoms with E-state index in [9.17, 15) is 4.79 Å². The molecule has 2 atom stereocenters. The predicted molar refractivity (Wildman–Crippen MR) is 64.9 cm³/mol. The second-order valence-electron chi connectivity index (χ2n) is 5.75. The molecule has 3 heteroatoms. The van der Waals surface area contributed by atoms with Crippen molar-refractivity contribution in [1.29, 1.82) is 0 Å². The molecule has 1 spiro atoms. The summed E-state index contributed by atoms with van der Waals surface area (Å²) in [6.07, 6.45) is 10.1. The van der Waals surface area contributed by atoms with Gasteiger partial charge in [0, 0.05) is 18.5 Å². The summed E-state index contributed by atoms with van der Waals surface area (Å²) in [6, 6.07) is 0.878. The first-order valence-electron chi connectivity index (χ1n) is 6.67. The van der Waals surface area contributed by atoms with Crippen LogP contribution in [0.15, 0.2) is 0 Å². The summed E-state index contributed by atoms with van der Waals surface area (Å²) in [7, 11) is 0. The van der Waals surface area contributed by atoms with E-state index in [4.69, 9.17) is 5.73 Å². The number of hydrogen-bond donors (Lipinski definition) is 2. The zero-order chi connectivity index (χ0) is 11.6. The molecule has 92 valence electrons. The van der Waals surface area contributed by atoms with Gasteiger partial charge in [0.15, 0.2) is 0 Å². The lowest BCUT2D eigenvalue weighted by molar-refractivity contribution is -0.118. The van der Waals surface area contributed by atoms with E-state index in [1.54, 1.807) is 0 Å². The van der Waals surface area contributed by atoms with Gasteiger partial charge in [0.1, 0.15) is 0 Å². The number of hydrogen-bond acceptors (Lipinski definition) is 2. The number of carbonyl (C=O) groups is 1. The second-order valence-corrected chi connectivity index (χ2v) is 5.75. The highest BCUT2D eigenvalue weighted by Crippen LogP contribution is 2.51. The molecule has 0 heterocycles. The Balaban J connectivity index is 1.83. The number of amides is 1. The first-order chi connectivity index (χ1) is 7.62. The van der Waals surface area contributed by atoms with Gasteiger partial charge in [-0.25, -0.2) is 0 Å². The maximum Gasteiger partial charge on any atom is 0.218 e. The Morgan fingerprint density at radius 1 is 1.38 bits per heavy atom. The fourth-order valence-corrected chi connectivity index (χ4v) is 3.52. The average molecular weight is 224 g/mol. The Bertz CT molecular complexity index is 259. The molecule has 2 saturated carbocycles. The van der Waals surface area contributed by atoms with Crippen LogP contribution >= 0.6 is 0 Å². The van der Waals surface area contributed by atoms with Crippen molar-refractivity contribution < 1.29 is 4.79 Å². The third-order valence-corrected chi connectivity index (χ3v) is 4.51. The number of carbonyl (C=O) groups excluding carboxylic acids is 1. The first kappa shape index (κ1) is 11.9. The summed E-state index contributed by atoms with van der Waals surface area (Å²) < 4.78 is 0. The molecule has 0 aliphatic heterocycles. The third-order valence-electron chi connectivity index (χ3n) is 4.51. The van der Waals surface area contributed by atoms with Crippen molar-refractivity contribution in [2.75, 3.05) is 0 Å². The molecule has 2 fully saturated rings. The van der Waals surface area contributed by atoms with Gasteiger partial charge in [0.25, 0.3) is 0 Å². The molecule has 0 saturated heterocycles. The smallest absolute Gasteiger partial charge is 0.218 e. The standard InChI is InChI=1S/C13H24N2O/c1-10(9-12(14)16)15-11-5-8-13(11)6-3-2-4-7-13/h10-11,15H,2-9H2,1H3,(H2,14,16). The monoisotopic (exact) mass is 224 g/mol. The highest BCUT2D eigenvalue weighted by atomic mass is 16.1. The van der Waals surface area contributed by atoms with E-state index in [0.29, 0.717) is 17.9 Å². The van der Waals surface area contributed by atoms with E-state index >= 15 is 0 Å². The van der Waals surface area contributed by atoms with E-state index in [2.05, 4.69) is 12.2 Å². The molecule has 0 aromatic heterocycles. The van der Waals surface area contributed by atoms with Gasteiger partial charge < -0.3 is 11.1 Å². The summed E-state index contributed by atoms with van der Waals surface area (Å²) in [4.78, 5) is 10.8. The highest BCUT2D eigenvalue weighted by molar-refractivity contribution is 5.74. The van der Waals surface area contributed by atoms with Crippen molar-refractivity contribution in [1.82, 2.24) is 5.32 Å². The van der Waals surface area contributed by atoms with Crippen LogP contribution in [-0.2, 0) is 4.79 Å². The van der Waals surface area contributed by atoms with Crippen LogP contribution in [0.4, 0.5) is 0 Å². The highest BCUT2D eigenvalue weighted by Gasteiger charge is 2.46. The molecular weight excluding hydrogens is 200 g/mol. The number of rotatable bonds is 4. The summed E-state index contributed by atoms with van der Waals surface area (Å²) in [5.41, 5.74) is 5.79. The average Bonchev–Trinajstić information content (AvgIpc) is 2.25. The molecule has 2 rings (SSSR count). The normalized spacial score (nSPS) is 29.7. The van der Waals surface area contributed by atoms with E-state index < -0.39 is 0 Å². The molecule has 1 amide bonds. The van der Waals surface area contributed by atoms with Crippen molar-refractivity contribution >= 4 is 5.91 Å². The van der Waals surface area contributed by atoms with Crippen LogP contribution in [0.1, 0.15) is 58.3 Å². The van der Waals surface area contributed by atoms with Gasteiger partial charge in [-0.15, -0.1) is 0 Å². The summed E-state index contributed by atoms with van der Waals surface area (Å²) >= 11 is 0. The Kier molecular flexibility index (Phi) is 3.53. The van der Waals surface area contributed by atoms with Crippen LogP contribution in [0.2, 0.25) is 0 Å². The molecule has 16 heavy (non-hydrogen) atoms. The molecule has 2 aliphatic rings. The van der Waals surface area contributed by atoms with Crippen LogP contribution in [0.25, 0.3) is 0 Å². The zero-order valence-corrected chi connectivity index (χ0v) is 10.3. The molecule has 0 bridgehead atoms. The summed E-state index contributed by atoms with van der Waals surface area (Å²) in [5, 5.41) is 3.61. The summed E-state index contributed by atoms with van der Waals surface area (Å²) in [6.45, 7) is 2.07. The fourth-order valence-electron chi connectivity index (χ4n) is 3.52. The fraction of sp³-hybridized carbons (Fsp3) is 0.923. The van der Waals surface area contributed by atoms with Gasteiger partial charge in [-0.05, 0) is 38.0 Å². The Labute approximate surface area is 98.2 Å². The Hall–Kier alpha value is -0.570. The minimum absolute atomic E-state index is 0.197. The Morgan fingerprint density at radius 3 is 2.56 bits per heavy atom. The molecule has 3 nitrogen and oxygen atoms in total. The predicted octanol–water partition coefficient (Wildman–Crippen LogP) is 1.95. The lowest BCUT2D eigenvalue weighted by Crippen LogP contribution is -2.56. The molecule has 0 aromatic rings. The van der Waals surface area contributed by atoms with Crippen LogP contribution < -0.4 is 11.1 Å². The van der Waals surface area contributed by atoms with Crippen LogP contribution in [0.5, 0.6) is 0 Å². The van der Waals surface area contributed by atoms with Crippen molar-refractivity contribution in [3.05, 3.63) is 0 Å². The minimum Gasteiger partial charge on any atom is -0.370 e. The van der Waals surface area contributed by atoms with Crippen LogP contribution in [-0.4, -0.2) is 18.0 Å². The molecule has 0 aromatic carbocycles. The Morgan fingerprint density at radius 2 is 2.06 bits per heavy atom. The van der Waals surface area contributed by atoms with E-state index in [0.717, 1.165) is 0 Å². The van der Waals surface area contributed by atoms with Crippen LogP contribution in [0, 0.1) is 5.41 Å². The number of nitrogens with one attached hydrogen (secondary N) is 1. The van der Waals surface area contributed by atoms with E-state index in [1.807, 2.05) is 0 Å². The van der Waals surface area contributed by atoms with Gasteiger partial charge in [-0.2, -0.15) is 0 Å². The molecule has 2 aliphatic carbocycles. The quantitative estimate of drug-likeness (QED) is 0.767. The van der Waals surface area contributed by atoms with Gasteiger partial charge in [-0.1, -0.05) is 19.3 Å². The van der Waals surface area contributed by atoms with Gasteiger partial charge in [0.2, 0.25) is 5.91 Å². The number of primary amides is 1. The third kappa shape index (κ3) is 2.40. The first-order valence-corrected chi connectivity index (χ1v) is 6.67. The minimum atomic E-state index is -0.197. The zero-order valence-electron chi connectivity index (χ0n) is 10.3. The van der Waals surface area contributed by atoms with Gasteiger partial charge in [0.05, 0.1) is 0 Å². The molecule has 2 unspecified atom stereocenters. The maximum absolute atomic E-state index is 10.8. The van der Waals surface area contributed by atoms with Gasteiger partial charge in [-0.3, -0.25) is 4.79 Å². The number of nitrogens with two attached hydrogens (primary N) is 1. The summed E-state index contributed by atoms with van der Waals surface area (Å²) in [5.74, 6) is -0.197. The van der Waals surface area contributed by atoms with Crippen molar-refractivity contribution in [3.8, 4) is 0 Å². The van der Waals surface area contributed by atoms with Crippen molar-refractivity contribution in [2.45, 2.75) is 70.4 Å². The maximum atomic E-state index is 10.8. The molecule has 0 radical (unpaired) electrons. The molecule has 3 N–H and O–H groups in total. The second kappa shape index (κ2) is 4.74. The lowest BCUT2D eigenvalue weighted by Gasteiger charge is -2.53. The van der Waals surface area contributed by atoms with E-state index in [1.165, 1.54) is 44.9 Å². The topological polar surface area (TPSA) is 55.1 Å². The van der Waals surface area contributed by atoms with Crippen molar-refractivity contribution in [2.24, 2.45) is 11.1 Å². The van der Waals surface area contributed by atoms with E-state index in [-0.39, 0.29) is 11.9 Å². The SMILES string of the molecule is CC(CC(N)=O)NC1CCC12CCCCC2. The lowest BCUT2D eigenvalue weighted by atomic mass is 9.57. The largest absolute Gasteiger partial charge is 0.370 e.